The molecule has 3 heteroatoms. The van der Waals surface area contributed by atoms with Crippen molar-refractivity contribution in [1.29, 1.82) is 0 Å². The third-order valence-electron chi connectivity index (χ3n) is 2.54. The van der Waals surface area contributed by atoms with Crippen molar-refractivity contribution < 1.29 is 4.74 Å². The van der Waals surface area contributed by atoms with Gasteiger partial charge in [-0.1, -0.05) is 6.42 Å². The first kappa shape index (κ1) is 13.8. The van der Waals surface area contributed by atoms with Gasteiger partial charge in [-0.15, -0.1) is 11.8 Å². The molecule has 0 aliphatic rings. The normalized spacial score (nSPS) is 9.94. The Labute approximate surface area is 104 Å². The third kappa shape index (κ3) is 7.59. The fraction of sp³-hybridized carbons (Fsp3) is 0.643. The molecule has 0 amide bonds. The van der Waals surface area contributed by atoms with Crippen molar-refractivity contribution in [3.8, 4) is 11.8 Å². The van der Waals surface area contributed by atoms with E-state index in [0.29, 0.717) is 0 Å². The molecule has 1 N–H and O–H groups in total. The van der Waals surface area contributed by atoms with E-state index in [9.17, 15) is 0 Å². The number of rotatable bonds is 9. The number of nitrogens with zero attached hydrogens (tertiary/aromatic N) is 1. The number of hydrogen-bond acceptors (Lipinski definition) is 2. The first-order valence-electron chi connectivity index (χ1n) is 6.38. The second kappa shape index (κ2) is 9.92. The average molecular weight is 234 g/mol. The first-order valence-corrected chi connectivity index (χ1v) is 6.38. The summed E-state index contributed by atoms with van der Waals surface area (Å²) < 4.78 is 5.56. The number of aromatic amines is 1. The maximum atomic E-state index is 5.56. The van der Waals surface area contributed by atoms with E-state index < -0.39 is 0 Å². The summed E-state index contributed by atoms with van der Waals surface area (Å²) in [6.45, 7) is 3.60. The number of nitrogens with one attached hydrogen (secondary N) is 1. The summed E-state index contributed by atoms with van der Waals surface area (Å²) in [5, 5.41) is 0. The summed E-state index contributed by atoms with van der Waals surface area (Å²) in [7, 11) is 0. The Balaban J connectivity index is 1.79. The van der Waals surface area contributed by atoms with Gasteiger partial charge in [0.25, 0.3) is 0 Å². The first-order chi connectivity index (χ1) is 8.43. The van der Waals surface area contributed by atoms with Crippen molar-refractivity contribution in [2.75, 3.05) is 13.2 Å². The Kier molecular flexibility index (Phi) is 8.05. The van der Waals surface area contributed by atoms with E-state index in [0.717, 1.165) is 44.6 Å². The van der Waals surface area contributed by atoms with Gasteiger partial charge in [0.15, 0.2) is 0 Å². The molecule has 1 aromatic rings. The zero-order chi connectivity index (χ0) is 12.2. The summed E-state index contributed by atoms with van der Waals surface area (Å²) in [5.74, 6) is 5.98. The molecule has 1 rings (SSSR count). The van der Waals surface area contributed by atoms with E-state index in [1.54, 1.807) is 6.33 Å². The molecule has 0 fully saturated rings. The molecule has 0 spiro atoms. The Hall–Kier alpha value is -1.27. The van der Waals surface area contributed by atoms with Gasteiger partial charge in [-0.2, -0.15) is 0 Å². The molecular weight excluding hydrogens is 212 g/mol. The summed E-state index contributed by atoms with van der Waals surface area (Å²) in [4.78, 5) is 7.12. The number of aryl methyl sites for hydroxylation is 1. The van der Waals surface area contributed by atoms with Crippen LogP contribution < -0.4 is 0 Å². The van der Waals surface area contributed by atoms with Crippen LogP contribution in [-0.2, 0) is 11.2 Å². The smallest absolute Gasteiger partial charge is 0.0923 e. The van der Waals surface area contributed by atoms with Crippen molar-refractivity contribution in [3.63, 3.8) is 0 Å². The fourth-order valence-corrected chi connectivity index (χ4v) is 1.60. The van der Waals surface area contributed by atoms with E-state index in [-0.39, 0.29) is 0 Å². The second-order valence-corrected chi connectivity index (χ2v) is 4.01. The molecule has 0 aromatic carbocycles. The second-order valence-electron chi connectivity index (χ2n) is 4.01. The average Bonchev–Trinajstić information content (AvgIpc) is 2.85. The lowest BCUT2D eigenvalue weighted by Crippen LogP contribution is -1.99. The number of aromatic nitrogens is 2. The lowest BCUT2D eigenvalue weighted by atomic mass is 10.2. The number of H-pyrrole nitrogens is 1. The lowest BCUT2D eigenvalue weighted by molar-refractivity contribution is 0.128. The monoisotopic (exact) mass is 234 g/mol. The fourth-order valence-electron chi connectivity index (χ4n) is 1.60. The third-order valence-corrected chi connectivity index (χ3v) is 2.54. The number of ether oxygens (including phenoxy) is 1. The molecule has 0 unspecified atom stereocenters. The number of unbranched alkanes of at least 4 members (excludes halogenated alkanes) is 3. The van der Waals surface area contributed by atoms with Crippen LogP contribution >= 0.6 is 0 Å². The van der Waals surface area contributed by atoms with Gasteiger partial charge in [0.2, 0.25) is 0 Å². The molecule has 0 atom stereocenters. The van der Waals surface area contributed by atoms with Gasteiger partial charge in [-0.25, -0.2) is 4.98 Å². The van der Waals surface area contributed by atoms with Crippen LogP contribution in [0.2, 0.25) is 0 Å². The van der Waals surface area contributed by atoms with Crippen LogP contribution in [-0.4, -0.2) is 23.2 Å². The van der Waals surface area contributed by atoms with Gasteiger partial charge in [0, 0.05) is 25.8 Å². The van der Waals surface area contributed by atoms with Crippen LogP contribution in [0.15, 0.2) is 12.5 Å². The largest absolute Gasteiger partial charge is 0.381 e. The Morgan fingerprint density at radius 1 is 1.24 bits per heavy atom. The van der Waals surface area contributed by atoms with Crippen LogP contribution in [0.25, 0.3) is 0 Å². The van der Waals surface area contributed by atoms with E-state index in [1.807, 2.05) is 13.1 Å². The maximum absolute atomic E-state index is 5.56. The van der Waals surface area contributed by atoms with Crippen LogP contribution in [0.3, 0.4) is 0 Å². The summed E-state index contributed by atoms with van der Waals surface area (Å²) in [6.07, 6.45) is 10.3. The zero-order valence-electron chi connectivity index (χ0n) is 10.7. The molecule has 3 nitrogen and oxygen atoms in total. The van der Waals surface area contributed by atoms with Gasteiger partial charge in [-0.05, 0) is 32.6 Å². The van der Waals surface area contributed by atoms with Crippen molar-refractivity contribution in [2.45, 2.75) is 45.4 Å². The van der Waals surface area contributed by atoms with E-state index in [2.05, 4.69) is 21.8 Å². The SMILES string of the molecule is CC#CCCCCCOCCCc1c[nH]cn1. The Morgan fingerprint density at radius 3 is 2.88 bits per heavy atom. The predicted octanol–water partition coefficient (Wildman–Crippen LogP) is 2.94. The molecule has 0 saturated heterocycles. The predicted molar refractivity (Wildman–Crippen MR) is 69.6 cm³/mol. The van der Waals surface area contributed by atoms with E-state index >= 15 is 0 Å². The summed E-state index contributed by atoms with van der Waals surface area (Å²) in [5.41, 5.74) is 1.12. The molecule has 1 heterocycles. The minimum Gasteiger partial charge on any atom is -0.381 e. The standard InChI is InChI=1S/C14H22N2O/c1-2-3-4-5-6-7-10-17-11-8-9-14-12-15-13-16-14/h12-13H,4-11H2,1H3,(H,15,16). The maximum Gasteiger partial charge on any atom is 0.0923 e. The lowest BCUT2D eigenvalue weighted by Gasteiger charge is -2.02. The van der Waals surface area contributed by atoms with Crippen molar-refractivity contribution >= 4 is 0 Å². The van der Waals surface area contributed by atoms with E-state index in [1.165, 1.54) is 12.8 Å². The van der Waals surface area contributed by atoms with Crippen LogP contribution in [0, 0.1) is 11.8 Å². The molecule has 1 aromatic heterocycles. The molecule has 0 bridgehead atoms. The van der Waals surface area contributed by atoms with Gasteiger partial charge in [0.05, 0.1) is 12.0 Å². The highest BCUT2D eigenvalue weighted by Crippen LogP contribution is 2.01. The molecule has 0 saturated carbocycles. The summed E-state index contributed by atoms with van der Waals surface area (Å²) >= 11 is 0. The van der Waals surface area contributed by atoms with Crippen molar-refractivity contribution in [1.82, 2.24) is 9.97 Å². The van der Waals surface area contributed by atoms with Crippen LogP contribution in [0.1, 0.15) is 44.7 Å². The van der Waals surface area contributed by atoms with Gasteiger partial charge < -0.3 is 9.72 Å². The zero-order valence-corrected chi connectivity index (χ0v) is 10.7. The van der Waals surface area contributed by atoms with Gasteiger partial charge in [0.1, 0.15) is 0 Å². The highest BCUT2D eigenvalue weighted by molar-refractivity contribution is 4.94. The minimum atomic E-state index is 0.835. The number of imidazole rings is 1. The van der Waals surface area contributed by atoms with Crippen molar-refractivity contribution in [3.05, 3.63) is 18.2 Å². The molecule has 0 aliphatic heterocycles. The van der Waals surface area contributed by atoms with Crippen LogP contribution in [0.4, 0.5) is 0 Å². The molecule has 17 heavy (non-hydrogen) atoms. The highest BCUT2D eigenvalue weighted by Gasteiger charge is 1.95. The van der Waals surface area contributed by atoms with Gasteiger partial charge in [-0.3, -0.25) is 0 Å². The molecule has 94 valence electrons. The quantitative estimate of drug-likeness (QED) is 0.527. The summed E-state index contributed by atoms with van der Waals surface area (Å²) in [6, 6.07) is 0. The topological polar surface area (TPSA) is 37.9 Å². The minimum absolute atomic E-state index is 0.835. The van der Waals surface area contributed by atoms with Crippen LogP contribution in [0.5, 0.6) is 0 Å². The van der Waals surface area contributed by atoms with Crippen molar-refractivity contribution in [2.24, 2.45) is 0 Å². The number of hydrogen-bond donors (Lipinski definition) is 1. The molecule has 0 radical (unpaired) electrons. The Bertz CT molecular complexity index is 322. The molecular formula is C14H22N2O. The van der Waals surface area contributed by atoms with Gasteiger partial charge >= 0.3 is 0 Å². The Morgan fingerprint density at radius 2 is 2.12 bits per heavy atom. The van der Waals surface area contributed by atoms with E-state index in [4.69, 9.17) is 4.74 Å². The molecule has 0 aliphatic carbocycles. The highest BCUT2D eigenvalue weighted by atomic mass is 16.5.